The van der Waals surface area contributed by atoms with Crippen molar-refractivity contribution in [3.63, 3.8) is 0 Å². The van der Waals surface area contributed by atoms with Crippen LogP contribution in [-0.2, 0) is 11.3 Å². The van der Waals surface area contributed by atoms with E-state index in [1.165, 1.54) is 0 Å². The number of fused-ring (bicyclic) bond motifs is 1. The Morgan fingerprint density at radius 1 is 1.25 bits per heavy atom. The van der Waals surface area contributed by atoms with Gasteiger partial charge in [-0.3, -0.25) is 9.36 Å². The molecule has 2 aromatic carbocycles. The maximum Gasteiger partial charge on any atom is 0.419 e. The second kappa shape index (κ2) is 8.97. The molecule has 0 aliphatic carbocycles. The fraction of sp³-hybridized carbons (Fsp3) is 0.333. The largest absolute Gasteiger partial charge is 0.492 e. The summed E-state index contributed by atoms with van der Waals surface area (Å²) in [5, 5.41) is 3.27. The molecule has 0 unspecified atom stereocenters. The molecule has 3 rings (SSSR count). The monoisotopic (exact) mass is 402 g/mol. The maximum absolute atomic E-state index is 12.2. The molecule has 0 saturated heterocycles. The summed E-state index contributed by atoms with van der Waals surface area (Å²) in [6.45, 7) is 5.10. The highest BCUT2D eigenvalue weighted by molar-refractivity contribution is 6.32. The van der Waals surface area contributed by atoms with Crippen LogP contribution in [0.4, 0.5) is 5.69 Å². The summed E-state index contributed by atoms with van der Waals surface area (Å²) in [6.07, 6.45) is 0.785. The van der Waals surface area contributed by atoms with Gasteiger partial charge in [-0.1, -0.05) is 37.6 Å². The average molecular weight is 403 g/mol. The first-order valence-corrected chi connectivity index (χ1v) is 9.62. The van der Waals surface area contributed by atoms with Gasteiger partial charge in [-0.05, 0) is 42.7 Å². The third kappa shape index (κ3) is 4.95. The third-order valence-corrected chi connectivity index (χ3v) is 4.44. The summed E-state index contributed by atoms with van der Waals surface area (Å²) < 4.78 is 12.4. The van der Waals surface area contributed by atoms with Crippen LogP contribution in [0, 0.1) is 5.92 Å². The van der Waals surface area contributed by atoms with Gasteiger partial charge in [0, 0.05) is 18.7 Å². The Morgan fingerprint density at radius 2 is 2.04 bits per heavy atom. The van der Waals surface area contributed by atoms with Gasteiger partial charge in [0.15, 0.2) is 5.58 Å². The molecule has 0 spiro atoms. The highest BCUT2D eigenvalue weighted by Gasteiger charge is 2.10. The smallest absolute Gasteiger partial charge is 0.419 e. The summed E-state index contributed by atoms with van der Waals surface area (Å²) in [5.74, 6) is 0.438. The van der Waals surface area contributed by atoms with E-state index in [0.717, 1.165) is 5.52 Å². The number of nitrogens with zero attached hydrogens (tertiary/aromatic N) is 1. The molecule has 28 heavy (non-hydrogen) atoms. The van der Waals surface area contributed by atoms with E-state index in [2.05, 4.69) is 19.2 Å². The lowest BCUT2D eigenvalue weighted by Crippen LogP contribution is -2.17. The zero-order valence-corrected chi connectivity index (χ0v) is 16.7. The van der Waals surface area contributed by atoms with Gasteiger partial charge in [0.1, 0.15) is 5.75 Å². The van der Waals surface area contributed by atoms with Crippen molar-refractivity contribution in [1.29, 1.82) is 0 Å². The number of aromatic nitrogens is 1. The molecule has 0 aliphatic rings. The van der Waals surface area contributed by atoms with Gasteiger partial charge in [0.2, 0.25) is 5.91 Å². The minimum atomic E-state index is -0.412. The Hall–Kier alpha value is -2.73. The topological polar surface area (TPSA) is 73.5 Å². The molecule has 0 fully saturated rings. The van der Waals surface area contributed by atoms with Crippen LogP contribution in [-0.4, -0.2) is 17.1 Å². The number of rotatable bonds is 8. The fourth-order valence-electron chi connectivity index (χ4n) is 2.80. The van der Waals surface area contributed by atoms with Crippen LogP contribution in [0.1, 0.15) is 26.7 Å². The zero-order chi connectivity index (χ0) is 20.1. The van der Waals surface area contributed by atoms with Crippen molar-refractivity contribution in [2.45, 2.75) is 33.2 Å². The summed E-state index contributed by atoms with van der Waals surface area (Å²) in [6, 6.07) is 12.4. The van der Waals surface area contributed by atoms with E-state index in [4.69, 9.17) is 20.8 Å². The Bertz CT molecular complexity index is 1020. The Kier molecular flexibility index (Phi) is 6.41. The SMILES string of the molecule is CC(C)COc1ccc(NC(=O)CCCn2c(=O)oc3ccccc32)cc1Cl. The average Bonchev–Trinajstić information content (AvgIpc) is 2.96. The van der Waals surface area contributed by atoms with E-state index in [9.17, 15) is 9.59 Å². The number of oxazole rings is 1. The number of amides is 1. The quantitative estimate of drug-likeness (QED) is 0.592. The van der Waals surface area contributed by atoms with Gasteiger partial charge in [0.05, 0.1) is 17.1 Å². The number of halogens is 1. The molecular formula is C21H23ClN2O4. The number of anilines is 1. The van der Waals surface area contributed by atoms with Crippen LogP contribution in [0.3, 0.4) is 0 Å². The first-order chi connectivity index (χ1) is 13.4. The van der Waals surface area contributed by atoms with Crippen LogP contribution < -0.4 is 15.8 Å². The van der Waals surface area contributed by atoms with Gasteiger partial charge >= 0.3 is 5.76 Å². The standard InChI is InChI=1S/C21H23ClN2O4/c1-14(2)13-27-18-10-9-15(12-16(18)22)23-20(25)8-5-11-24-17-6-3-4-7-19(17)28-21(24)26/h3-4,6-7,9-10,12,14H,5,8,11,13H2,1-2H3,(H,23,25). The van der Waals surface area contributed by atoms with Gasteiger partial charge in [-0.25, -0.2) is 4.79 Å². The van der Waals surface area contributed by atoms with E-state index in [0.29, 0.717) is 47.5 Å². The number of aryl methyl sites for hydroxylation is 1. The predicted octanol–water partition coefficient (Wildman–Crippen LogP) is 4.70. The molecular weight excluding hydrogens is 380 g/mol. The molecule has 1 aromatic heterocycles. The van der Waals surface area contributed by atoms with Gasteiger partial charge in [-0.2, -0.15) is 0 Å². The zero-order valence-electron chi connectivity index (χ0n) is 15.9. The number of benzene rings is 2. The molecule has 6 nitrogen and oxygen atoms in total. The van der Waals surface area contributed by atoms with Crippen LogP contribution in [0.25, 0.3) is 11.1 Å². The van der Waals surface area contributed by atoms with Crippen molar-refractivity contribution in [3.05, 3.63) is 58.0 Å². The molecule has 1 heterocycles. The summed E-state index contributed by atoms with van der Waals surface area (Å²) in [5.41, 5.74) is 1.89. The molecule has 0 radical (unpaired) electrons. The normalized spacial score (nSPS) is 11.1. The lowest BCUT2D eigenvalue weighted by atomic mass is 10.2. The van der Waals surface area contributed by atoms with E-state index in [1.54, 1.807) is 28.8 Å². The minimum absolute atomic E-state index is 0.146. The number of hydrogen-bond donors (Lipinski definition) is 1. The molecule has 0 bridgehead atoms. The van der Waals surface area contributed by atoms with Gasteiger partial charge in [-0.15, -0.1) is 0 Å². The van der Waals surface area contributed by atoms with Gasteiger partial charge in [0.25, 0.3) is 0 Å². The molecule has 0 aliphatic heterocycles. The highest BCUT2D eigenvalue weighted by Crippen LogP contribution is 2.28. The Morgan fingerprint density at radius 3 is 2.79 bits per heavy atom. The van der Waals surface area contributed by atoms with Crippen molar-refractivity contribution in [2.75, 3.05) is 11.9 Å². The van der Waals surface area contributed by atoms with Crippen molar-refractivity contribution < 1.29 is 13.9 Å². The molecule has 3 aromatic rings. The van der Waals surface area contributed by atoms with E-state index < -0.39 is 5.76 Å². The van der Waals surface area contributed by atoms with Crippen molar-refractivity contribution in [3.8, 4) is 5.75 Å². The van der Waals surface area contributed by atoms with Crippen LogP contribution in [0.15, 0.2) is 51.7 Å². The van der Waals surface area contributed by atoms with E-state index >= 15 is 0 Å². The van der Waals surface area contributed by atoms with Crippen LogP contribution >= 0.6 is 11.6 Å². The van der Waals surface area contributed by atoms with Crippen LogP contribution in [0.2, 0.25) is 5.02 Å². The van der Waals surface area contributed by atoms with Crippen LogP contribution in [0.5, 0.6) is 5.75 Å². The van der Waals surface area contributed by atoms with E-state index in [-0.39, 0.29) is 12.3 Å². The van der Waals surface area contributed by atoms with E-state index in [1.807, 2.05) is 18.2 Å². The van der Waals surface area contributed by atoms with Crippen molar-refractivity contribution in [2.24, 2.45) is 5.92 Å². The third-order valence-electron chi connectivity index (χ3n) is 4.15. The number of hydrogen-bond acceptors (Lipinski definition) is 4. The molecule has 1 N–H and O–H groups in total. The number of carbonyl (C=O) groups is 1. The lowest BCUT2D eigenvalue weighted by Gasteiger charge is -2.12. The van der Waals surface area contributed by atoms with Crippen molar-refractivity contribution >= 4 is 34.3 Å². The molecule has 0 atom stereocenters. The number of nitrogens with one attached hydrogen (secondary N) is 1. The first-order valence-electron chi connectivity index (χ1n) is 9.24. The number of para-hydroxylation sites is 2. The molecule has 1 amide bonds. The fourth-order valence-corrected chi connectivity index (χ4v) is 3.03. The molecule has 148 valence electrons. The Labute approximate surface area is 168 Å². The highest BCUT2D eigenvalue weighted by atomic mass is 35.5. The predicted molar refractivity (Wildman–Crippen MR) is 110 cm³/mol. The number of carbonyl (C=O) groups excluding carboxylic acids is 1. The van der Waals surface area contributed by atoms with Gasteiger partial charge < -0.3 is 14.5 Å². The molecule has 7 heteroatoms. The number of ether oxygens (including phenoxy) is 1. The summed E-state index contributed by atoms with van der Waals surface area (Å²) in [7, 11) is 0. The lowest BCUT2D eigenvalue weighted by molar-refractivity contribution is -0.116. The first kappa shape index (κ1) is 20.0. The van der Waals surface area contributed by atoms with Crippen molar-refractivity contribution in [1.82, 2.24) is 4.57 Å². The minimum Gasteiger partial charge on any atom is -0.492 e. The second-order valence-electron chi connectivity index (χ2n) is 6.99. The summed E-state index contributed by atoms with van der Waals surface area (Å²) in [4.78, 5) is 24.1. The Balaban J connectivity index is 1.53. The maximum atomic E-state index is 12.2. The summed E-state index contributed by atoms with van der Waals surface area (Å²) >= 11 is 6.22. The molecule has 0 saturated carbocycles. The second-order valence-corrected chi connectivity index (χ2v) is 7.40.